The molecule has 1 aliphatic rings. The van der Waals surface area contributed by atoms with Gasteiger partial charge in [-0.05, 0) is 41.2 Å². The molecule has 4 rings (SSSR count). The summed E-state index contributed by atoms with van der Waals surface area (Å²) in [7, 11) is 0. The van der Waals surface area contributed by atoms with Crippen molar-refractivity contribution in [3.63, 3.8) is 0 Å². The summed E-state index contributed by atoms with van der Waals surface area (Å²) in [5.41, 5.74) is 1.17. The fraction of sp³-hybridized carbons (Fsp3) is 0.286. The molecule has 1 aliphatic heterocycles. The second kappa shape index (κ2) is 9.00. The summed E-state index contributed by atoms with van der Waals surface area (Å²) in [4.78, 5) is 30.2. The van der Waals surface area contributed by atoms with Crippen LogP contribution < -0.4 is 5.32 Å². The summed E-state index contributed by atoms with van der Waals surface area (Å²) in [5, 5.41) is 13.6. The van der Waals surface area contributed by atoms with Crippen LogP contribution in [0.3, 0.4) is 0 Å². The van der Waals surface area contributed by atoms with E-state index in [1.54, 1.807) is 29.2 Å². The maximum absolute atomic E-state index is 13.8. The number of tetrazole rings is 1. The first-order chi connectivity index (χ1) is 15.1. The van der Waals surface area contributed by atoms with Crippen molar-refractivity contribution >= 4 is 17.5 Å². The molecule has 9 nitrogen and oxygen atoms in total. The van der Waals surface area contributed by atoms with Crippen LogP contribution >= 0.6 is 0 Å². The Balaban J connectivity index is 1.58. The zero-order chi connectivity index (χ0) is 21.8. The van der Waals surface area contributed by atoms with Crippen LogP contribution in [0.25, 0.3) is 5.69 Å². The fourth-order valence-electron chi connectivity index (χ4n) is 3.56. The Morgan fingerprint density at radius 2 is 1.84 bits per heavy atom. The lowest BCUT2D eigenvalue weighted by Crippen LogP contribution is -2.48. The number of para-hydroxylation sites is 1. The van der Waals surface area contributed by atoms with Gasteiger partial charge in [0.05, 0.1) is 22.5 Å². The second-order valence-electron chi connectivity index (χ2n) is 7.14. The molecule has 2 amide bonds. The molecule has 0 unspecified atom stereocenters. The average molecular weight is 423 g/mol. The second-order valence-corrected chi connectivity index (χ2v) is 7.14. The first-order valence-electron chi connectivity index (χ1n) is 10.0. The van der Waals surface area contributed by atoms with Crippen molar-refractivity contribution in [2.75, 3.05) is 38.0 Å². The van der Waals surface area contributed by atoms with Crippen LogP contribution in [0.1, 0.15) is 27.6 Å². The third-order valence-electron chi connectivity index (χ3n) is 5.31. The number of halogens is 1. The number of benzene rings is 2. The average Bonchev–Trinajstić information content (AvgIpc) is 3.34. The number of likely N-dealkylation sites (N-methyl/N-ethyl adjacent to an activating group) is 1. The van der Waals surface area contributed by atoms with Gasteiger partial charge in [-0.2, -0.15) is 4.68 Å². The molecule has 10 heteroatoms. The van der Waals surface area contributed by atoms with E-state index in [2.05, 4.69) is 32.7 Å². The van der Waals surface area contributed by atoms with Crippen LogP contribution in [-0.2, 0) is 0 Å². The number of hydrogen-bond donors (Lipinski definition) is 1. The van der Waals surface area contributed by atoms with Gasteiger partial charge in [0, 0.05) is 32.2 Å². The predicted molar refractivity (Wildman–Crippen MR) is 112 cm³/mol. The summed E-state index contributed by atoms with van der Waals surface area (Å²) < 4.78 is 15.0. The van der Waals surface area contributed by atoms with Gasteiger partial charge in [0.2, 0.25) is 0 Å². The normalized spacial score (nSPS) is 14.5. The third kappa shape index (κ3) is 4.43. The summed E-state index contributed by atoms with van der Waals surface area (Å²) in [5.74, 6) is -1.16. The van der Waals surface area contributed by atoms with Crippen molar-refractivity contribution in [3.8, 4) is 5.69 Å². The highest BCUT2D eigenvalue weighted by molar-refractivity contribution is 6.10. The molecule has 1 saturated heterocycles. The number of carbonyl (C=O) groups is 2. The number of piperazine rings is 1. The number of carbonyl (C=O) groups excluding carboxylic acids is 2. The zero-order valence-electron chi connectivity index (χ0n) is 17.0. The highest BCUT2D eigenvalue weighted by atomic mass is 19.1. The number of anilines is 1. The summed E-state index contributed by atoms with van der Waals surface area (Å²) >= 11 is 0. The van der Waals surface area contributed by atoms with E-state index in [1.165, 1.54) is 29.2 Å². The van der Waals surface area contributed by atoms with Gasteiger partial charge in [0.1, 0.15) is 12.1 Å². The van der Waals surface area contributed by atoms with Crippen LogP contribution in [0.4, 0.5) is 10.1 Å². The van der Waals surface area contributed by atoms with Crippen molar-refractivity contribution in [1.29, 1.82) is 0 Å². The van der Waals surface area contributed by atoms with Crippen molar-refractivity contribution < 1.29 is 14.0 Å². The molecule has 0 spiro atoms. The molecule has 1 N–H and O–H groups in total. The lowest BCUT2D eigenvalue weighted by Gasteiger charge is -2.34. The third-order valence-corrected chi connectivity index (χ3v) is 5.31. The molecule has 0 atom stereocenters. The van der Waals surface area contributed by atoms with Gasteiger partial charge in [-0.1, -0.05) is 19.1 Å². The Morgan fingerprint density at radius 1 is 1.06 bits per heavy atom. The van der Waals surface area contributed by atoms with E-state index in [9.17, 15) is 14.0 Å². The SMILES string of the molecule is CCN1CCN(C(=O)c2ccccc2NC(=O)c2ccc(F)cc2-n2cnnn2)CC1. The van der Waals surface area contributed by atoms with E-state index < -0.39 is 11.7 Å². The lowest BCUT2D eigenvalue weighted by molar-refractivity contribution is 0.0644. The van der Waals surface area contributed by atoms with E-state index >= 15 is 0 Å². The van der Waals surface area contributed by atoms with Crippen molar-refractivity contribution in [3.05, 3.63) is 65.7 Å². The number of nitrogens with zero attached hydrogens (tertiary/aromatic N) is 6. The molecule has 160 valence electrons. The molecular formula is C21H22FN7O2. The fourth-order valence-corrected chi connectivity index (χ4v) is 3.56. The van der Waals surface area contributed by atoms with Crippen LogP contribution in [-0.4, -0.2) is 74.5 Å². The summed E-state index contributed by atoms with van der Waals surface area (Å²) in [6, 6.07) is 10.6. The van der Waals surface area contributed by atoms with Crippen LogP contribution in [0.15, 0.2) is 48.8 Å². The number of amides is 2. The first-order valence-corrected chi connectivity index (χ1v) is 10.0. The zero-order valence-corrected chi connectivity index (χ0v) is 17.0. The molecule has 1 fully saturated rings. The van der Waals surface area contributed by atoms with E-state index in [4.69, 9.17) is 0 Å². The molecule has 2 heterocycles. The maximum atomic E-state index is 13.8. The molecule has 3 aromatic rings. The Bertz CT molecular complexity index is 1080. The molecule has 0 bridgehead atoms. The number of nitrogens with one attached hydrogen (secondary N) is 1. The van der Waals surface area contributed by atoms with Crippen molar-refractivity contribution in [1.82, 2.24) is 30.0 Å². The topological polar surface area (TPSA) is 96.2 Å². The minimum atomic E-state index is -0.524. The standard InChI is InChI=1S/C21H22FN7O2/c1-2-27-9-11-28(12-10-27)21(31)16-5-3-4-6-18(16)24-20(30)17-8-7-15(22)13-19(17)29-14-23-25-26-29/h3-8,13-14H,2,9-12H2,1H3,(H,24,30). The van der Waals surface area contributed by atoms with Gasteiger partial charge in [-0.25, -0.2) is 4.39 Å². The quantitative estimate of drug-likeness (QED) is 0.673. The number of hydrogen-bond acceptors (Lipinski definition) is 6. The monoisotopic (exact) mass is 423 g/mol. The smallest absolute Gasteiger partial charge is 0.257 e. The lowest BCUT2D eigenvalue weighted by atomic mass is 10.1. The maximum Gasteiger partial charge on any atom is 0.257 e. The van der Waals surface area contributed by atoms with E-state index in [0.29, 0.717) is 24.3 Å². The minimum Gasteiger partial charge on any atom is -0.336 e. The van der Waals surface area contributed by atoms with E-state index in [0.717, 1.165) is 19.6 Å². The van der Waals surface area contributed by atoms with Crippen LogP contribution in [0.2, 0.25) is 0 Å². The Labute approximate surface area is 178 Å². The highest BCUT2D eigenvalue weighted by Gasteiger charge is 2.24. The minimum absolute atomic E-state index is 0.133. The number of rotatable bonds is 5. The molecule has 0 aliphatic carbocycles. The van der Waals surface area contributed by atoms with Crippen molar-refractivity contribution in [2.24, 2.45) is 0 Å². The van der Waals surface area contributed by atoms with Gasteiger partial charge in [-0.15, -0.1) is 5.10 Å². The summed E-state index contributed by atoms with van der Waals surface area (Å²) in [6.45, 7) is 5.97. The first kappa shape index (κ1) is 20.6. The van der Waals surface area contributed by atoms with Crippen molar-refractivity contribution in [2.45, 2.75) is 6.92 Å². The van der Waals surface area contributed by atoms with Gasteiger partial charge in [-0.3, -0.25) is 9.59 Å². The van der Waals surface area contributed by atoms with Crippen LogP contribution in [0, 0.1) is 5.82 Å². The molecule has 0 radical (unpaired) electrons. The molecule has 0 saturated carbocycles. The Morgan fingerprint density at radius 3 is 2.55 bits per heavy atom. The van der Waals surface area contributed by atoms with Gasteiger partial charge in [0.15, 0.2) is 0 Å². The van der Waals surface area contributed by atoms with Gasteiger partial charge in [0.25, 0.3) is 11.8 Å². The largest absolute Gasteiger partial charge is 0.336 e. The summed E-state index contributed by atoms with van der Waals surface area (Å²) in [6.07, 6.45) is 1.28. The molecule has 31 heavy (non-hydrogen) atoms. The molecule has 2 aromatic carbocycles. The van der Waals surface area contributed by atoms with E-state index in [1.807, 2.05) is 0 Å². The van der Waals surface area contributed by atoms with Crippen LogP contribution in [0.5, 0.6) is 0 Å². The predicted octanol–water partition coefficient (Wildman–Crippen LogP) is 1.83. The van der Waals surface area contributed by atoms with Gasteiger partial charge >= 0.3 is 0 Å². The Hall–Kier alpha value is -3.66. The number of aromatic nitrogens is 4. The van der Waals surface area contributed by atoms with Gasteiger partial charge < -0.3 is 15.1 Å². The molecule has 1 aromatic heterocycles. The Kier molecular flexibility index (Phi) is 5.99. The molecular weight excluding hydrogens is 401 g/mol. The van der Waals surface area contributed by atoms with E-state index in [-0.39, 0.29) is 17.2 Å². The highest BCUT2D eigenvalue weighted by Crippen LogP contribution is 2.22.